The Morgan fingerprint density at radius 3 is 2.11 bits per heavy atom. The molecule has 1 nitrogen and oxygen atoms in total. The lowest BCUT2D eigenvalue weighted by atomic mass is 9.53. The van der Waals surface area contributed by atoms with E-state index in [1.54, 1.807) is 5.57 Å². The van der Waals surface area contributed by atoms with Gasteiger partial charge in [0.25, 0.3) is 0 Å². The van der Waals surface area contributed by atoms with Gasteiger partial charge in [-0.3, -0.25) is 0 Å². The monoisotopic (exact) mass is 499 g/mol. The first-order valence-electron chi connectivity index (χ1n) is 16.8. The van der Waals surface area contributed by atoms with Crippen LogP contribution in [0.2, 0.25) is 0 Å². The van der Waals surface area contributed by atoms with Gasteiger partial charge in [0.2, 0.25) is 0 Å². The van der Waals surface area contributed by atoms with Gasteiger partial charge in [0.05, 0.1) is 0 Å². The largest absolute Gasteiger partial charge is 0.316 e. The van der Waals surface area contributed by atoms with Crippen molar-refractivity contribution in [3.05, 3.63) is 47.6 Å². The van der Waals surface area contributed by atoms with E-state index in [2.05, 4.69) is 41.8 Å². The molecule has 6 aliphatic carbocycles. The fourth-order valence-electron chi connectivity index (χ4n) is 10.9. The summed E-state index contributed by atoms with van der Waals surface area (Å²) in [6.45, 7) is 2.47. The van der Waals surface area contributed by atoms with Crippen LogP contribution in [0.3, 0.4) is 0 Å². The molecule has 0 bridgehead atoms. The molecule has 0 aromatic heterocycles. The zero-order chi connectivity index (χ0) is 24.6. The first-order valence-corrected chi connectivity index (χ1v) is 16.8. The Labute approximate surface area is 227 Å². The molecule has 37 heavy (non-hydrogen) atoms. The van der Waals surface area contributed by atoms with Crippen molar-refractivity contribution in [3.63, 3.8) is 0 Å². The highest BCUT2D eigenvalue weighted by atomic mass is 14.9. The molecule has 202 valence electrons. The molecule has 7 aliphatic rings. The van der Waals surface area contributed by atoms with Gasteiger partial charge < -0.3 is 5.32 Å². The zero-order valence-corrected chi connectivity index (χ0v) is 23.5. The number of nitrogens with one attached hydrogen (secondary N) is 1. The summed E-state index contributed by atoms with van der Waals surface area (Å²) in [4.78, 5) is 0. The number of hydrogen-bond acceptors (Lipinski definition) is 1. The average Bonchev–Trinajstić information content (AvgIpc) is 3.52. The minimum Gasteiger partial charge on any atom is -0.316 e. The van der Waals surface area contributed by atoms with Gasteiger partial charge in [0.15, 0.2) is 0 Å². The molecule has 0 aromatic carbocycles. The van der Waals surface area contributed by atoms with E-state index >= 15 is 0 Å². The number of allylic oxidation sites excluding steroid dienone is 7. The maximum absolute atomic E-state index is 3.57. The van der Waals surface area contributed by atoms with Crippen molar-refractivity contribution in [3.8, 4) is 0 Å². The van der Waals surface area contributed by atoms with E-state index in [1.165, 1.54) is 116 Å². The Bertz CT molecular complexity index is 915. The summed E-state index contributed by atoms with van der Waals surface area (Å²) >= 11 is 0. The number of rotatable bonds is 4. The van der Waals surface area contributed by atoms with Crippen molar-refractivity contribution < 1.29 is 0 Å². The predicted molar refractivity (Wildman–Crippen MR) is 156 cm³/mol. The maximum Gasteiger partial charge on any atom is 0.00173 e. The molecule has 0 amide bonds. The zero-order valence-electron chi connectivity index (χ0n) is 23.5. The van der Waals surface area contributed by atoms with E-state index in [0.29, 0.717) is 0 Å². The summed E-state index contributed by atoms with van der Waals surface area (Å²) in [5.41, 5.74) is 3.63. The summed E-state index contributed by atoms with van der Waals surface area (Å²) in [6.07, 6.45) is 39.1. The van der Waals surface area contributed by atoms with Crippen LogP contribution in [-0.2, 0) is 0 Å². The minimum atomic E-state index is 0.852. The molecule has 10 atom stereocenters. The average molecular weight is 500 g/mol. The lowest BCUT2D eigenvalue weighted by molar-refractivity contribution is 0.0137. The Hall–Kier alpha value is -1.08. The first-order chi connectivity index (χ1) is 18.3. The summed E-state index contributed by atoms with van der Waals surface area (Å²) in [7, 11) is 0. The van der Waals surface area contributed by atoms with Crippen LogP contribution < -0.4 is 5.32 Å². The van der Waals surface area contributed by atoms with E-state index in [4.69, 9.17) is 0 Å². The highest BCUT2D eigenvalue weighted by Gasteiger charge is 2.47. The second-order valence-electron chi connectivity index (χ2n) is 14.4. The van der Waals surface area contributed by atoms with E-state index in [-0.39, 0.29) is 0 Å². The molecule has 1 aliphatic heterocycles. The molecule has 7 rings (SSSR count). The first kappa shape index (κ1) is 24.9. The van der Waals surface area contributed by atoms with Crippen LogP contribution in [-0.4, -0.2) is 13.1 Å². The van der Waals surface area contributed by atoms with Crippen molar-refractivity contribution in [1.29, 1.82) is 0 Å². The van der Waals surface area contributed by atoms with Gasteiger partial charge in [-0.15, -0.1) is 0 Å². The Morgan fingerprint density at radius 1 is 0.568 bits per heavy atom. The van der Waals surface area contributed by atoms with Gasteiger partial charge in [-0.1, -0.05) is 60.4 Å². The Balaban J connectivity index is 1.00. The fraction of sp³-hybridized carbons (Fsp3) is 0.778. The van der Waals surface area contributed by atoms with Crippen molar-refractivity contribution in [2.24, 2.45) is 59.2 Å². The lowest BCUT2D eigenvalue weighted by Crippen LogP contribution is -2.44. The molecule has 10 unspecified atom stereocenters. The molecular weight excluding hydrogens is 446 g/mol. The molecule has 0 spiro atoms. The minimum absolute atomic E-state index is 0.852. The van der Waals surface area contributed by atoms with Crippen molar-refractivity contribution >= 4 is 0 Å². The van der Waals surface area contributed by atoms with E-state index in [1.807, 2.05) is 5.57 Å². The van der Waals surface area contributed by atoms with Crippen LogP contribution in [0.4, 0.5) is 0 Å². The summed E-state index contributed by atoms with van der Waals surface area (Å²) in [6, 6.07) is 0. The number of fused-ring (bicyclic) bond motifs is 2. The molecule has 1 N–H and O–H groups in total. The maximum atomic E-state index is 3.57. The van der Waals surface area contributed by atoms with Gasteiger partial charge in [0, 0.05) is 6.54 Å². The van der Waals surface area contributed by atoms with E-state index in [0.717, 1.165) is 59.2 Å². The van der Waals surface area contributed by atoms with Crippen molar-refractivity contribution in [1.82, 2.24) is 5.32 Å². The molecule has 1 heteroatoms. The smallest absolute Gasteiger partial charge is 0.00173 e. The normalized spacial score (nSPS) is 46.1. The Kier molecular flexibility index (Phi) is 7.54. The van der Waals surface area contributed by atoms with Crippen LogP contribution in [0.25, 0.3) is 0 Å². The third-order valence-corrected chi connectivity index (χ3v) is 12.8. The van der Waals surface area contributed by atoms with Crippen molar-refractivity contribution in [2.75, 3.05) is 13.1 Å². The summed E-state index contributed by atoms with van der Waals surface area (Å²) in [5.74, 6) is 9.37. The van der Waals surface area contributed by atoms with Crippen LogP contribution in [0.15, 0.2) is 47.6 Å². The summed E-state index contributed by atoms with van der Waals surface area (Å²) < 4.78 is 0. The second-order valence-corrected chi connectivity index (χ2v) is 14.4. The van der Waals surface area contributed by atoms with Gasteiger partial charge in [-0.2, -0.15) is 0 Å². The van der Waals surface area contributed by atoms with Gasteiger partial charge >= 0.3 is 0 Å². The highest BCUT2D eigenvalue weighted by Crippen LogP contribution is 2.55. The van der Waals surface area contributed by atoms with Crippen LogP contribution in [0.1, 0.15) is 103 Å². The standard InChI is InChI=1S/C36H53N/c1-2-8-31-28(6-1)7-5-11-34(31)36-21-20-32(33-9-3-4-10-35(33)36)29-18-16-26(17-19-29)25-12-14-27(15-13-25)30-22-23-37-24-30/h3,5,9,11,14,16,25,28-37H,1-2,4,6-8,10,12-13,15,17-24H2. The van der Waals surface area contributed by atoms with Crippen LogP contribution >= 0.6 is 0 Å². The Morgan fingerprint density at radius 2 is 1.30 bits per heavy atom. The van der Waals surface area contributed by atoms with E-state index < -0.39 is 0 Å². The third kappa shape index (κ3) is 5.01. The topological polar surface area (TPSA) is 12.0 Å². The third-order valence-electron chi connectivity index (χ3n) is 12.8. The fourth-order valence-corrected chi connectivity index (χ4v) is 10.9. The molecule has 1 saturated heterocycles. The molecular formula is C36H53N. The quantitative estimate of drug-likeness (QED) is 0.380. The molecule has 0 radical (unpaired) electrons. The van der Waals surface area contributed by atoms with E-state index in [9.17, 15) is 0 Å². The van der Waals surface area contributed by atoms with Gasteiger partial charge in [-0.25, -0.2) is 0 Å². The molecule has 2 saturated carbocycles. The lowest BCUT2D eigenvalue weighted by Gasteiger charge is -2.52. The molecule has 3 fully saturated rings. The van der Waals surface area contributed by atoms with Crippen LogP contribution in [0, 0.1) is 59.2 Å². The number of hydrogen-bond donors (Lipinski definition) is 1. The predicted octanol–water partition coefficient (Wildman–Crippen LogP) is 9.04. The second kappa shape index (κ2) is 11.2. The van der Waals surface area contributed by atoms with Gasteiger partial charge in [0.1, 0.15) is 0 Å². The van der Waals surface area contributed by atoms with Crippen LogP contribution in [0.5, 0.6) is 0 Å². The highest BCUT2D eigenvalue weighted by molar-refractivity contribution is 5.20. The van der Waals surface area contributed by atoms with Crippen molar-refractivity contribution in [2.45, 2.75) is 103 Å². The molecule has 1 heterocycles. The van der Waals surface area contributed by atoms with Gasteiger partial charge in [-0.05, 0) is 156 Å². The SMILES string of the molecule is C1=CC2C(C3CC=C(C4CC=C(C5CCNC5)CC4)CC3)CCC(C3C=CCC4CCCCC43)C2CC1. The molecule has 0 aromatic rings. The summed E-state index contributed by atoms with van der Waals surface area (Å²) in [5, 5.41) is 3.57.